The average molecular weight is 255 g/mol. The fraction of sp³-hybridized carbons (Fsp3) is 0.286. The molecule has 0 amide bonds. The summed E-state index contributed by atoms with van der Waals surface area (Å²) in [4.78, 5) is 11.5. The maximum atomic E-state index is 4.74. The van der Waals surface area contributed by atoms with Crippen LogP contribution >= 0.6 is 11.3 Å². The number of rotatable bonds is 1. The highest BCUT2D eigenvalue weighted by atomic mass is 32.1. The van der Waals surface area contributed by atoms with Gasteiger partial charge in [-0.1, -0.05) is 0 Å². The first-order chi connectivity index (χ1) is 8.92. The lowest BCUT2D eigenvalue weighted by Gasteiger charge is -2.09. The second-order valence-corrected chi connectivity index (χ2v) is 5.76. The smallest absolute Gasteiger partial charge is 0.194 e. The summed E-state index contributed by atoms with van der Waals surface area (Å²) in [6.45, 7) is 0. The van der Waals surface area contributed by atoms with Crippen molar-refractivity contribution in [2.45, 2.75) is 25.7 Å². The number of hydrogen-bond donors (Lipinski definition) is 0. The second kappa shape index (κ2) is 3.92. The van der Waals surface area contributed by atoms with E-state index in [1.807, 2.05) is 35.9 Å². The molecule has 0 atom stereocenters. The predicted molar refractivity (Wildman–Crippen MR) is 72.9 cm³/mol. The summed E-state index contributed by atoms with van der Waals surface area (Å²) in [5, 5.41) is 0. The van der Waals surface area contributed by atoms with Crippen LogP contribution < -0.4 is 0 Å². The molecule has 0 bridgehead atoms. The van der Waals surface area contributed by atoms with Gasteiger partial charge >= 0.3 is 0 Å². The van der Waals surface area contributed by atoms with E-state index in [2.05, 4.69) is 15.6 Å². The third-order valence-electron chi connectivity index (χ3n) is 3.54. The lowest BCUT2D eigenvalue weighted by molar-refractivity contribution is 0.674. The van der Waals surface area contributed by atoms with Gasteiger partial charge in [-0.3, -0.25) is 9.38 Å². The highest BCUT2D eigenvalue weighted by Crippen LogP contribution is 2.31. The molecule has 0 spiro atoms. The molecule has 0 saturated heterocycles. The molecule has 3 nitrogen and oxygen atoms in total. The minimum atomic E-state index is 1.05. The molecule has 3 aromatic heterocycles. The first kappa shape index (κ1) is 10.3. The molecule has 0 N–H and O–H groups in total. The van der Waals surface area contributed by atoms with E-state index in [0.717, 1.165) is 16.2 Å². The molecule has 3 heterocycles. The number of aromatic nitrogens is 3. The van der Waals surface area contributed by atoms with Gasteiger partial charge in [0.2, 0.25) is 0 Å². The van der Waals surface area contributed by atoms with Crippen LogP contribution in [-0.4, -0.2) is 14.4 Å². The summed E-state index contributed by atoms with van der Waals surface area (Å²) in [5.74, 6) is 0. The van der Waals surface area contributed by atoms with E-state index in [9.17, 15) is 0 Å². The van der Waals surface area contributed by atoms with Crippen molar-refractivity contribution in [1.29, 1.82) is 0 Å². The van der Waals surface area contributed by atoms with Gasteiger partial charge in [0, 0.05) is 34.7 Å². The molecule has 4 heteroatoms. The van der Waals surface area contributed by atoms with Gasteiger partial charge in [0.15, 0.2) is 4.96 Å². The van der Waals surface area contributed by atoms with Crippen molar-refractivity contribution in [1.82, 2.24) is 14.4 Å². The fourth-order valence-electron chi connectivity index (χ4n) is 2.63. The number of imidazole rings is 1. The second-order valence-electron chi connectivity index (χ2n) is 4.69. The third-order valence-corrected chi connectivity index (χ3v) is 4.70. The van der Waals surface area contributed by atoms with Crippen LogP contribution in [0.1, 0.15) is 23.4 Å². The first-order valence-electron chi connectivity index (χ1n) is 6.32. The molecule has 0 unspecified atom stereocenters. The normalized spacial score (nSPS) is 14.9. The molecule has 0 radical (unpaired) electrons. The van der Waals surface area contributed by atoms with Gasteiger partial charge in [-0.25, -0.2) is 4.98 Å². The molecule has 0 aliphatic heterocycles. The van der Waals surface area contributed by atoms with E-state index in [-0.39, 0.29) is 0 Å². The monoisotopic (exact) mass is 255 g/mol. The van der Waals surface area contributed by atoms with E-state index in [4.69, 9.17) is 4.98 Å². The summed E-state index contributed by atoms with van der Waals surface area (Å²) in [6, 6.07) is 4.03. The van der Waals surface area contributed by atoms with Crippen molar-refractivity contribution in [2.24, 2.45) is 0 Å². The van der Waals surface area contributed by atoms with Gasteiger partial charge in [-0.2, -0.15) is 0 Å². The SMILES string of the molecule is c1cc(-c2cn3c4c(sc3n2)CCCC4)ccn1. The number of fused-ring (bicyclic) bond motifs is 3. The number of hydrogen-bond acceptors (Lipinski definition) is 3. The molecule has 90 valence electrons. The number of pyridine rings is 1. The quantitative estimate of drug-likeness (QED) is 0.667. The summed E-state index contributed by atoms with van der Waals surface area (Å²) < 4.78 is 2.29. The molecule has 0 saturated carbocycles. The van der Waals surface area contributed by atoms with Gasteiger partial charge in [-0.15, -0.1) is 11.3 Å². The Morgan fingerprint density at radius 2 is 1.94 bits per heavy atom. The summed E-state index contributed by atoms with van der Waals surface area (Å²) in [6.07, 6.45) is 10.9. The highest BCUT2D eigenvalue weighted by molar-refractivity contribution is 7.17. The van der Waals surface area contributed by atoms with Gasteiger partial charge in [0.1, 0.15) is 0 Å². The van der Waals surface area contributed by atoms with Gasteiger partial charge in [0.05, 0.1) is 5.69 Å². The van der Waals surface area contributed by atoms with Crippen LogP contribution in [0, 0.1) is 0 Å². The summed E-state index contributed by atoms with van der Waals surface area (Å²) >= 11 is 1.85. The Morgan fingerprint density at radius 3 is 2.83 bits per heavy atom. The van der Waals surface area contributed by atoms with Crippen LogP contribution in [0.4, 0.5) is 0 Å². The Labute approximate surface area is 109 Å². The Morgan fingerprint density at radius 1 is 1.11 bits per heavy atom. The molecular weight excluding hydrogens is 242 g/mol. The third kappa shape index (κ3) is 1.49. The molecule has 0 fully saturated rings. The van der Waals surface area contributed by atoms with Crippen LogP contribution in [0.3, 0.4) is 0 Å². The zero-order valence-corrected chi connectivity index (χ0v) is 10.8. The Hall–Kier alpha value is -1.68. The zero-order valence-electron chi connectivity index (χ0n) is 9.97. The maximum Gasteiger partial charge on any atom is 0.194 e. The standard InChI is InChI=1S/C14H13N3S/c1-2-4-13-12(3-1)17-9-11(16-14(17)18-13)10-5-7-15-8-6-10/h5-9H,1-4H2. The van der Waals surface area contributed by atoms with Crippen LogP contribution in [0.2, 0.25) is 0 Å². The lowest BCUT2D eigenvalue weighted by Crippen LogP contribution is -2.01. The topological polar surface area (TPSA) is 30.2 Å². The Balaban J connectivity index is 1.88. The maximum absolute atomic E-state index is 4.74. The van der Waals surface area contributed by atoms with Crippen molar-refractivity contribution in [2.75, 3.05) is 0 Å². The van der Waals surface area contributed by atoms with Crippen molar-refractivity contribution < 1.29 is 0 Å². The molecule has 4 rings (SSSR count). The van der Waals surface area contributed by atoms with E-state index >= 15 is 0 Å². The van der Waals surface area contributed by atoms with Crippen LogP contribution in [0.15, 0.2) is 30.7 Å². The van der Waals surface area contributed by atoms with Crippen LogP contribution in [0.25, 0.3) is 16.2 Å². The minimum Gasteiger partial charge on any atom is -0.294 e. The molecular formula is C14H13N3S. The predicted octanol–water partition coefficient (Wildman–Crippen LogP) is 3.34. The van der Waals surface area contributed by atoms with E-state index in [1.54, 1.807) is 0 Å². The van der Waals surface area contributed by atoms with Gasteiger partial charge < -0.3 is 0 Å². The highest BCUT2D eigenvalue weighted by Gasteiger charge is 2.17. The number of thiazole rings is 1. The number of nitrogens with zero attached hydrogens (tertiary/aromatic N) is 3. The molecule has 3 aromatic rings. The number of aryl methyl sites for hydroxylation is 2. The minimum absolute atomic E-state index is 1.05. The van der Waals surface area contributed by atoms with E-state index in [1.165, 1.54) is 36.3 Å². The van der Waals surface area contributed by atoms with Crippen LogP contribution in [0.5, 0.6) is 0 Å². The molecule has 1 aliphatic rings. The van der Waals surface area contributed by atoms with Crippen molar-refractivity contribution in [3.05, 3.63) is 41.3 Å². The average Bonchev–Trinajstić information content (AvgIpc) is 2.97. The van der Waals surface area contributed by atoms with Crippen molar-refractivity contribution in [3.63, 3.8) is 0 Å². The summed E-state index contributed by atoms with van der Waals surface area (Å²) in [7, 11) is 0. The van der Waals surface area contributed by atoms with Crippen LogP contribution in [-0.2, 0) is 12.8 Å². The largest absolute Gasteiger partial charge is 0.294 e. The Bertz CT molecular complexity index is 696. The fourth-order valence-corrected chi connectivity index (χ4v) is 3.82. The molecule has 0 aromatic carbocycles. The van der Waals surface area contributed by atoms with Crippen molar-refractivity contribution >= 4 is 16.3 Å². The van der Waals surface area contributed by atoms with Crippen molar-refractivity contribution in [3.8, 4) is 11.3 Å². The summed E-state index contributed by atoms with van der Waals surface area (Å²) in [5.41, 5.74) is 3.68. The van der Waals surface area contributed by atoms with Gasteiger partial charge in [-0.05, 0) is 37.8 Å². The molecule has 18 heavy (non-hydrogen) atoms. The van der Waals surface area contributed by atoms with Gasteiger partial charge in [0.25, 0.3) is 0 Å². The first-order valence-corrected chi connectivity index (χ1v) is 7.13. The van der Waals surface area contributed by atoms with E-state index < -0.39 is 0 Å². The molecule has 1 aliphatic carbocycles. The Kier molecular flexibility index (Phi) is 2.23. The van der Waals surface area contributed by atoms with E-state index in [0.29, 0.717) is 0 Å². The zero-order chi connectivity index (χ0) is 11.9. The lowest BCUT2D eigenvalue weighted by atomic mass is 10.0.